The van der Waals surface area contributed by atoms with Crippen LogP contribution in [0, 0.1) is 6.92 Å². The molecule has 0 aliphatic rings. The van der Waals surface area contributed by atoms with Gasteiger partial charge in [-0.3, -0.25) is 4.79 Å². The van der Waals surface area contributed by atoms with Crippen LogP contribution < -0.4 is 0 Å². The quantitative estimate of drug-likeness (QED) is 0.856. The second-order valence-electron chi connectivity index (χ2n) is 3.80. The predicted octanol–water partition coefficient (Wildman–Crippen LogP) is 2.21. The largest absolute Gasteiger partial charge is 0.481 e. The summed E-state index contributed by atoms with van der Waals surface area (Å²) in [4.78, 5) is 14.9. The van der Waals surface area contributed by atoms with E-state index in [0.717, 1.165) is 16.9 Å². The highest BCUT2D eigenvalue weighted by Crippen LogP contribution is 2.16. The zero-order valence-electron chi connectivity index (χ0n) is 9.18. The summed E-state index contributed by atoms with van der Waals surface area (Å²) in [5, 5.41) is 8.60. The van der Waals surface area contributed by atoms with E-state index in [2.05, 4.69) is 9.55 Å². The molecule has 0 saturated carbocycles. The summed E-state index contributed by atoms with van der Waals surface area (Å²) in [5.74, 6) is 0.189. The first-order chi connectivity index (χ1) is 7.68. The summed E-state index contributed by atoms with van der Waals surface area (Å²) >= 11 is 0. The molecule has 0 aliphatic heterocycles. The normalized spacial score (nSPS) is 10.8. The van der Waals surface area contributed by atoms with Gasteiger partial charge >= 0.3 is 5.97 Å². The number of fused-ring (bicyclic) bond motifs is 1. The van der Waals surface area contributed by atoms with Gasteiger partial charge in [0.15, 0.2) is 0 Å². The Balaban J connectivity index is 2.22. The van der Waals surface area contributed by atoms with Crippen LogP contribution in [0.5, 0.6) is 0 Å². The van der Waals surface area contributed by atoms with Crippen molar-refractivity contribution in [1.29, 1.82) is 0 Å². The van der Waals surface area contributed by atoms with E-state index in [1.165, 1.54) is 0 Å². The van der Waals surface area contributed by atoms with Crippen LogP contribution in [0.25, 0.3) is 11.0 Å². The molecule has 0 amide bonds. The zero-order chi connectivity index (χ0) is 11.5. The molecule has 0 saturated heterocycles. The van der Waals surface area contributed by atoms with Gasteiger partial charge in [-0.05, 0) is 25.5 Å². The molecule has 84 valence electrons. The van der Waals surface area contributed by atoms with Gasteiger partial charge in [-0.15, -0.1) is 0 Å². The molecule has 0 fully saturated rings. The fourth-order valence-electron chi connectivity index (χ4n) is 1.87. The molecule has 1 aromatic heterocycles. The van der Waals surface area contributed by atoms with Crippen LogP contribution in [0.4, 0.5) is 0 Å². The number of benzene rings is 1. The van der Waals surface area contributed by atoms with Gasteiger partial charge in [0.25, 0.3) is 0 Å². The maximum Gasteiger partial charge on any atom is 0.303 e. The lowest BCUT2D eigenvalue weighted by molar-refractivity contribution is -0.137. The molecule has 1 N–H and O–H groups in total. The van der Waals surface area contributed by atoms with Gasteiger partial charge in [-0.2, -0.15) is 0 Å². The fraction of sp³-hybridized carbons (Fsp3) is 0.333. The van der Waals surface area contributed by atoms with Gasteiger partial charge in [0, 0.05) is 13.0 Å². The average molecular weight is 218 g/mol. The molecule has 0 unspecified atom stereocenters. The van der Waals surface area contributed by atoms with Crippen LogP contribution in [0.1, 0.15) is 18.7 Å². The number of aromatic nitrogens is 2. The Bertz CT molecular complexity index is 517. The molecule has 0 spiro atoms. The molecule has 0 atom stereocenters. The maximum atomic E-state index is 10.5. The van der Waals surface area contributed by atoms with Crippen molar-refractivity contribution in [2.75, 3.05) is 0 Å². The summed E-state index contributed by atoms with van der Waals surface area (Å²) in [6.07, 6.45) is 0.836. The fourth-order valence-corrected chi connectivity index (χ4v) is 1.87. The van der Waals surface area contributed by atoms with Crippen LogP contribution in [-0.2, 0) is 11.3 Å². The second kappa shape index (κ2) is 4.35. The number of carboxylic acid groups (broad SMARTS) is 1. The number of hydrogen-bond acceptors (Lipinski definition) is 2. The SMILES string of the molecule is Cc1nc2ccccc2n1CCCC(=O)O. The van der Waals surface area contributed by atoms with E-state index in [-0.39, 0.29) is 6.42 Å². The van der Waals surface area contributed by atoms with Crippen molar-refractivity contribution in [1.82, 2.24) is 9.55 Å². The van der Waals surface area contributed by atoms with Crippen LogP contribution in [0.3, 0.4) is 0 Å². The Morgan fingerprint density at radius 1 is 1.44 bits per heavy atom. The number of imidazole rings is 1. The number of aliphatic carboxylic acids is 1. The van der Waals surface area contributed by atoms with Crippen LogP contribution in [-0.4, -0.2) is 20.6 Å². The maximum absolute atomic E-state index is 10.5. The number of hydrogen-bond donors (Lipinski definition) is 1. The van der Waals surface area contributed by atoms with Crippen molar-refractivity contribution >= 4 is 17.0 Å². The van der Waals surface area contributed by atoms with Crippen molar-refractivity contribution in [3.8, 4) is 0 Å². The van der Waals surface area contributed by atoms with Gasteiger partial charge in [-0.1, -0.05) is 12.1 Å². The highest BCUT2D eigenvalue weighted by molar-refractivity contribution is 5.75. The highest BCUT2D eigenvalue weighted by Gasteiger charge is 2.06. The van der Waals surface area contributed by atoms with Crippen molar-refractivity contribution in [2.45, 2.75) is 26.3 Å². The van der Waals surface area contributed by atoms with E-state index in [1.54, 1.807) is 0 Å². The molecule has 0 aliphatic carbocycles. The minimum absolute atomic E-state index is 0.200. The molecule has 16 heavy (non-hydrogen) atoms. The first-order valence-corrected chi connectivity index (χ1v) is 5.32. The Labute approximate surface area is 93.5 Å². The molecular weight excluding hydrogens is 204 g/mol. The van der Waals surface area contributed by atoms with Crippen molar-refractivity contribution in [2.24, 2.45) is 0 Å². The lowest BCUT2D eigenvalue weighted by atomic mass is 10.3. The molecule has 4 heteroatoms. The Morgan fingerprint density at radius 3 is 2.94 bits per heavy atom. The molecule has 2 aromatic rings. The Hall–Kier alpha value is -1.84. The van der Waals surface area contributed by atoms with Crippen LogP contribution in [0.2, 0.25) is 0 Å². The minimum Gasteiger partial charge on any atom is -0.481 e. The van der Waals surface area contributed by atoms with Crippen LogP contribution >= 0.6 is 0 Å². The molecule has 0 radical (unpaired) electrons. The van der Waals surface area contributed by atoms with E-state index in [4.69, 9.17) is 5.11 Å². The summed E-state index contributed by atoms with van der Waals surface area (Å²) in [5.41, 5.74) is 2.04. The van der Waals surface area contributed by atoms with Gasteiger partial charge in [0.05, 0.1) is 11.0 Å². The second-order valence-corrected chi connectivity index (χ2v) is 3.80. The monoisotopic (exact) mass is 218 g/mol. The van der Waals surface area contributed by atoms with E-state index in [1.807, 2.05) is 31.2 Å². The van der Waals surface area contributed by atoms with E-state index >= 15 is 0 Å². The van der Waals surface area contributed by atoms with Gasteiger partial charge in [0.2, 0.25) is 0 Å². The minimum atomic E-state index is -0.748. The summed E-state index contributed by atoms with van der Waals surface area (Å²) in [7, 11) is 0. The highest BCUT2D eigenvalue weighted by atomic mass is 16.4. The van der Waals surface area contributed by atoms with Crippen molar-refractivity contribution in [3.63, 3.8) is 0 Å². The topological polar surface area (TPSA) is 55.1 Å². The average Bonchev–Trinajstić information content (AvgIpc) is 2.55. The molecule has 4 nitrogen and oxygen atoms in total. The number of aryl methyl sites for hydroxylation is 2. The van der Waals surface area contributed by atoms with Gasteiger partial charge in [-0.25, -0.2) is 4.98 Å². The third-order valence-electron chi connectivity index (χ3n) is 2.62. The summed E-state index contributed by atoms with van der Waals surface area (Å²) in [6.45, 7) is 2.65. The third-order valence-corrected chi connectivity index (χ3v) is 2.62. The molecular formula is C12H14N2O2. The number of carbonyl (C=O) groups is 1. The first-order valence-electron chi connectivity index (χ1n) is 5.32. The lowest BCUT2D eigenvalue weighted by Crippen LogP contribution is -2.03. The van der Waals surface area contributed by atoms with Crippen molar-refractivity contribution in [3.05, 3.63) is 30.1 Å². The number of nitrogens with zero attached hydrogens (tertiary/aromatic N) is 2. The Morgan fingerprint density at radius 2 is 2.19 bits per heavy atom. The molecule has 1 heterocycles. The first kappa shape index (κ1) is 10.7. The Kier molecular flexibility index (Phi) is 2.90. The van der Waals surface area contributed by atoms with E-state index in [0.29, 0.717) is 13.0 Å². The summed E-state index contributed by atoms with van der Waals surface area (Å²) < 4.78 is 2.07. The predicted molar refractivity (Wildman–Crippen MR) is 61.3 cm³/mol. The van der Waals surface area contributed by atoms with Gasteiger partial charge < -0.3 is 9.67 Å². The molecule has 2 rings (SSSR count). The van der Waals surface area contributed by atoms with E-state index in [9.17, 15) is 4.79 Å². The zero-order valence-corrected chi connectivity index (χ0v) is 9.18. The summed E-state index contributed by atoms with van der Waals surface area (Å²) in [6, 6.07) is 7.90. The number of carboxylic acids is 1. The molecule has 1 aromatic carbocycles. The standard InChI is InChI=1S/C12H14N2O2/c1-9-13-10-5-2-3-6-11(10)14(9)8-4-7-12(15)16/h2-3,5-6H,4,7-8H2,1H3,(H,15,16). The third kappa shape index (κ3) is 2.05. The molecule has 0 bridgehead atoms. The van der Waals surface area contributed by atoms with Gasteiger partial charge in [0.1, 0.15) is 5.82 Å². The van der Waals surface area contributed by atoms with E-state index < -0.39 is 5.97 Å². The number of rotatable bonds is 4. The van der Waals surface area contributed by atoms with Crippen LogP contribution in [0.15, 0.2) is 24.3 Å². The lowest BCUT2D eigenvalue weighted by Gasteiger charge is -2.04. The van der Waals surface area contributed by atoms with Crippen molar-refractivity contribution < 1.29 is 9.90 Å². The number of para-hydroxylation sites is 2. The smallest absolute Gasteiger partial charge is 0.303 e.